The van der Waals surface area contributed by atoms with E-state index in [0.29, 0.717) is 16.6 Å². The summed E-state index contributed by atoms with van der Waals surface area (Å²) in [6.07, 6.45) is 0. The summed E-state index contributed by atoms with van der Waals surface area (Å²) in [4.78, 5) is 13.1. The van der Waals surface area contributed by atoms with Crippen molar-refractivity contribution in [3.05, 3.63) is 28.2 Å². The van der Waals surface area contributed by atoms with E-state index in [-0.39, 0.29) is 12.5 Å². The topological polar surface area (TPSA) is 32.3 Å². The Morgan fingerprint density at radius 1 is 1.38 bits per heavy atom. The van der Waals surface area contributed by atoms with Crippen LogP contribution in [-0.2, 0) is 4.79 Å². The van der Waals surface area contributed by atoms with Gasteiger partial charge in [-0.25, -0.2) is 0 Å². The molecule has 0 aliphatic rings. The van der Waals surface area contributed by atoms with E-state index in [0.717, 1.165) is 5.69 Å². The number of anilines is 1. The summed E-state index contributed by atoms with van der Waals surface area (Å²) in [5.41, 5.74) is 0.784. The highest BCUT2D eigenvalue weighted by molar-refractivity contribution is 6.42. The second kappa shape index (κ2) is 5.97. The second-order valence-electron chi connectivity index (χ2n) is 3.39. The van der Waals surface area contributed by atoms with Crippen molar-refractivity contribution in [2.24, 2.45) is 0 Å². The van der Waals surface area contributed by atoms with Crippen molar-refractivity contribution < 1.29 is 4.79 Å². The minimum absolute atomic E-state index is 0.0357. The molecule has 1 aromatic carbocycles. The molecule has 1 N–H and O–H groups in total. The lowest BCUT2D eigenvalue weighted by molar-refractivity contribution is -0.127. The first-order valence-electron chi connectivity index (χ1n) is 4.97. The molecule has 0 radical (unpaired) electrons. The lowest BCUT2D eigenvalue weighted by Gasteiger charge is -2.15. The second-order valence-corrected chi connectivity index (χ2v) is 4.20. The number of likely N-dealkylation sites (N-methyl/N-ethyl adjacent to an activating group) is 1. The van der Waals surface area contributed by atoms with Crippen LogP contribution in [0.1, 0.15) is 6.92 Å². The first-order chi connectivity index (χ1) is 7.54. The van der Waals surface area contributed by atoms with Crippen molar-refractivity contribution in [3.63, 3.8) is 0 Å². The highest BCUT2D eigenvalue weighted by Crippen LogP contribution is 2.24. The largest absolute Gasteiger partial charge is 0.376 e. The number of nitrogens with one attached hydrogen (secondary N) is 1. The SMILES string of the molecule is CCN(C)C(=O)CNc1ccc(Cl)c(Cl)c1. The molecule has 0 aliphatic carbocycles. The van der Waals surface area contributed by atoms with E-state index >= 15 is 0 Å². The predicted octanol–water partition coefficient (Wildman–Crippen LogP) is 2.88. The van der Waals surface area contributed by atoms with Crippen molar-refractivity contribution in [1.29, 1.82) is 0 Å². The van der Waals surface area contributed by atoms with E-state index in [2.05, 4.69) is 5.32 Å². The zero-order valence-electron chi connectivity index (χ0n) is 9.26. The van der Waals surface area contributed by atoms with E-state index in [1.807, 2.05) is 6.92 Å². The Hall–Kier alpha value is -0.930. The van der Waals surface area contributed by atoms with Gasteiger partial charge in [0.15, 0.2) is 0 Å². The maximum atomic E-state index is 11.5. The molecule has 1 rings (SSSR count). The third-order valence-corrected chi connectivity index (χ3v) is 3.00. The molecule has 0 fully saturated rings. The van der Waals surface area contributed by atoms with Gasteiger partial charge in [-0.2, -0.15) is 0 Å². The standard InChI is InChI=1S/C11H14Cl2N2O/c1-3-15(2)11(16)7-14-8-4-5-9(12)10(13)6-8/h4-6,14H,3,7H2,1-2H3. The fraction of sp³-hybridized carbons (Fsp3) is 0.364. The summed E-state index contributed by atoms with van der Waals surface area (Å²) in [6.45, 7) is 2.88. The molecule has 0 heterocycles. The minimum atomic E-state index is 0.0357. The van der Waals surface area contributed by atoms with Crippen LogP contribution in [0.2, 0.25) is 10.0 Å². The lowest BCUT2D eigenvalue weighted by atomic mass is 10.3. The van der Waals surface area contributed by atoms with Gasteiger partial charge in [-0.1, -0.05) is 23.2 Å². The molecule has 0 unspecified atom stereocenters. The number of nitrogens with zero attached hydrogens (tertiary/aromatic N) is 1. The van der Waals surface area contributed by atoms with E-state index in [4.69, 9.17) is 23.2 Å². The minimum Gasteiger partial charge on any atom is -0.376 e. The Kier molecular flexibility index (Phi) is 4.90. The van der Waals surface area contributed by atoms with E-state index in [1.54, 1.807) is 30.1 Å². The molecule has 16 heavy (non-hydrogen) atoms. The average Bonchev–Trinajstić information content (AvgIpc) is 2.29. The van der Waals surface area contributed by atoms with Gasteiger partial charge in [-0.15, -0.1) is 0 Å². The van der Waals surface area contributed by atoms with E-state index in [1.165, 1.54) is 0 Å². The molecule has 3 nitrogen and oxygen atoms in total. The van der Waals surface area contributed by atoms with Gasteiger partial charge < -0.3 is 10.2 Å². The van der Waals surface area contributed by atoms with Gasteiger partial charge in [-0.05, 0) is 25.1 Å². The molecular weight excluding hydrogens is 247 g/mol. The van der Waals surface area contributed by atoms with E-state index in [9.17, 15) is 4.79 Å². The monoisotopic (exact) mass is 260 g/mol. The highest BCUT2D eigenvalue weighted by atomic mass is 35.5. The highest BCUT2D eigenvalue weighted by Gasteiger charge is 2.06. The van der Waals surface area contributed by atoms with Gasteiger partial charge in [0, 0.05) is 19.3 Å². The van der Waals surface area contributed by atoms with Crippen molar-refractivity contribution in [2.45, 2.75) is 6.92 Å². The van der Waals surface area contributed by atoms with Crippen LogP contribution >= 0.6 is 23.2 Å². The maximum absolute atomic E-state index is 11.5. The molecule has 5 heteroatoms. The molecule has 0 spiro atoms. The van der Waals surface area contributed by atoms with Crippen LogP contribution in [0.25, 0.3) is 0 Å². The van der Waals surface area contributed by atoms with Gasteiger partial charge in [0.1, 0.15) is 0 Å². The Labute approximate surface area is 105 Å². The lowest BCUT2D eigenvalue weighted by Crippen LogP contribution is -2.31. The average molecular weight is 261 g/mol. The molecule has 0 saturated heterocycles. The Morgan fingerprint density at radius 2 is 2.06 bits per heavy atom. The number of amides is 1. The van der Waals surface area contributed by atoms with Gasteiger partial charge in [0.05, 0.1) is 16.6 Å². The summed E-state index contributed by atoms with van der Waals surface area (Å²) in [5.74, 6) is 0.0357. The first-order valence-corrected chi connectivity index (χ1v) is 5.73. The number of hydrogen-bond acceptors (Lipinski definition) is 2. The number of rotatable bonds is 4. The summed E-state index contributed by atoms with van der Waals surface area (Å²) in [7, 11) is 1.76. The number of halogens is 2. The first kappa shape index (κ1) is 13.1. The molecule has 0 atom stereocenters. The molecule has 0 aromatic heterocycles. The van der Waals surface area contributed by atoms with Crippen LogP contribution in [0.4, 0.5) is 5.69 Å². The van der Waals surface area contributed by atoms with Crippen LogP contribution in [0, 0.1) is 0 Å². The summed E-state index contributed by atoms with van der Waals surface area (Å²) < 4.78 is 0. The number of carbonyl (C=O) groups is 1. The number of hydrogen-bond donors (Lipinski definition) is 1. The molecule has 88 valence electrons. The quantitative estimate of drug-likeness (QED) is 0.903. The van der Waals surface area contributed by atoms with Crippen LogP contribution in [0.3, 0.4) is 0 Å². The van der Waals surface area contributed by atoms with Crippen LogP contribution in [0.5, 0.6) is 0 Å². The molecule has 0 saturated carbocycles. The van der Waals surface area contributed by atoms with Gasteiger partial charge >= 0.3 is 0 Å². The number of carbonyl (C=O) groups excluding carboxylic acids is 1. The third kappa shape index (κ3) is 3.58. The molecule has 1 aromatic rings. The zero-order valence-corrected chi connectivity index (χ0v) is 10.8. The Bertz CT molecular complexity index is 382. The van der Waals surface area contributed by atoms with Gasteiger partial charge in [0.2, 0.25) is 5.91 Å². The smallest absolute Gasteiger partial charge is 0.241 e. The van der Waals surface area contributed by atoms with Crippen molar-refractivity contribution in [2.75, 3.05) is 25.5 Å². The maximum Gasteiger partial charge on any atom is 0.241 e. The van der Waals surface area contributed by atoms with Gasteiger partial charge in [-0.3, -0.25) is 4.79 Å². The summed E-state index contributed by atoms with van der Waals surface area (Å²) in [5, 5.41) is 3.97. The summed E-state index contributed by atoms with van der Waals surface area (Å²) >= 11 is 11.6. The molecule has 0 aliphatic heterocycles. The normalized spacial score (nSPS) is 10.0. The van der Waals surface area contributed by atoms with Crippen LogP contribution in [0.15, 0.2) is 18.2 Å². The molecular formula is C11H14Cl2N2O. The molecule has 1 amide bonds. The van der Waals surface area contributed by atoms with Crippen molar-refractivity contribution >= 4 is 34.8 Å². The Morgan fingerprint density at radius 3 is 2.62 bits per heavy atom. The Balaban J connectivity index is 2.55. The predicted molar refractivity (Wildman–Crippen MR) is 68.3 cm³/mol. The van der Waals surface area contributed by atoms with Crippen LogP contribution in [-0.4, -0.2) is 30.9 Å². The van der Waals surface area contributed by atoms with Crippen molar-refractivity contribution in [1.82, 2.24) is 4.90 Å². The van der Waals surface area contributed by atoms with Crippen molar-refractivity contribution in [3.8, 4) is 0 Å². The van der Waals surface area contributed by atoms with Crippen LogP contribution < -0.4 is 5.32 Å². The zero-order chi connectivity index (χ0) is 12.1. The van der Waals surface area contributed by atoms with Gasteiger partial charge in [0.25, 0.3) is 0 Å². The fourth-order valence-corrected chi connectivity index (χ4v) is 1.39. The number of benzene rings is 1. The fourth-order valence-electron chi connectivity index (χ4n) is 1.10. The van der Waals surface area contributed by atoms with E-state index < -0.39 is 0 Å². The molecule has 0 bridgehead atoms. The summed E-state index contributed by atoms with van der Waals surface area (Å²) in [6, 6.07) is 5.18. The third-order valence-electron chi connectivity index (χ3n) is 2.26.